The van der Waals surface area contributed by atoms with Gasteiger partial charge in [0.2, 0.25) is 10.0 Å². The van der Waals surface area contributed by atoms with Gasteiger partial charge in [0, 0.05) is 23.7 Å². The number of rotatable bonds is 11. The standard InChI is InChI=1S/C25H36N6O4S/c1-5-8-20-22-23(31(4)29-20)25(32)28-24(27-22)19-16-18(10-11-21(19)35-15-6-2)36(33,34)26-13-12-17-9-7-14-30(17)3/h10-11,16-17,26H,5-9,12-15H2,1-4H3,(H,27,28,32)/i5D2,13D. The number of hydrogen-bond donors (Lipinski definition) is 2. The first-order valence-corrected chi connectivity index (χ1v) is 13.7. The van der Waals surface area contributed by atoms with Gasteiger partial charge in [-0.1, -0.05) is 20.2 Å². The van der Waals surface area contributed by atoms with Crippen LogP contribution in [0.4, 0.5) is 0 Å². The highest BCUT2D eigenvalue weighted by Gasteiger charge is 2.23. The van der Waals surface area contributed by atoms with Crippen molar-refractivity contribution < 1.29 is 17.3 Å². The van der Waals surface area contributed by atoms with Crippen LogP contribution in [-0.4, -0.2) is 65.8 Å². The Labute approximate surface area is 216 Å². The fourth-order valence-corrected chi connectivity index (χ4v) is 5.47. The van der Waals surface area contributed by atoms with Crippen LogP contribution in [0.25, 0.3) is 22.4 Å². The molecule has 1 fully saturated rings. The van der Waals surface area contributed by atoms with Gasteiger partial charge in [0.15, 0.2) is 5.52 Å². The molecular weight excluding hydrogens is 480 g/mol. The molecule has 0 radical (unpaired) electrons. The van der Waals surface area contributed by atoms with Crippen molar-refractivity contribution in [2.75, 3.05) is 26.7 Å². The molecule has 1 saturated heterocycles. The molecule has 0 bridgehead atoms. The van der Waals surface area contributed by atoms with Crippen LogP contribution in [0.15, 0.2) is 27.9 Å². The second-order valence-electron chi connectivity index (χ2n) is 9.06. The summed E-state index contributed by atoms with van der Waals surface area (Å²) in [6.45, 7) is 3.64. The van der Waals surface area contributed by atoms with E-state index in [1.807, 2.05) is 14.0 Å². The first-order chi connectivity index (χ1) is 18.3. The van der Waals surface area contributed by atoms with Crippen LogP contribution in [0.2, 0.25) is 0 Å². The van der Waals surface area contributed by atoms with Gasteiger partial charge >= 0.3 is 0 Å². The van der Waals surface area contributed by atoms with Crippen molar-refractivity contribution in [2.45, 2.75) is 63.3 Å². The van der Waals surface area contributed by atoms with E-state index in [2.05, 4.69) is 24.7 Å². The normalized spacial score (nSPS) is 19.2. The Morgan fingerprint density at radius 3 is 2.81 bits per heavy atom. The minimum atomic E-state index is -4.06. The first kappa shape index (κ1) is 22.4. The molecule has 4 rings (SSSR count). The molecule has 10 nitrogen and oxygen atoms in total. The maximum Gasteiger partial charge on any atom is 0.277 e. The number of aromatic nitrogens is 4. The topological polar surface area (TPSA) is 122 Å². The second kappa shape index (κ2) is 11.1. The molecule has 3 heterocycles. The van der Waals surface area contributed by atoms with Gasteiger partial charge in [0.1, 0.15) is 17.1 Å². The molecule has 0 aliphatic carbocycles. The Morgan fingerprint density at radius 1 is 1.31 bits per heavy atom. The Bertz CT molecular complexity index is 1500. The zero-order chi connectivity index (χ0) is 28.5. The Hall–Kier alpha value is -2.76. The molecule has 3 aromatic rings. The molecule has 1 aromatic carbocycles. The molecule has 1 aliphatic rings. The third kappa shape index (κ3) is 5.47. The van der Waals surface area contributed by atoms with Crippen LogP contribution >= 0.6 is 0 Å². The van der Waals surface area contributed by atoms with E-state index < -0.39 is 28.5 Å². The quantitative estimate of drug-likeness (QED) is 0.399. The van der Waals surface area contributed by atoms with Gasteiger partial charge in [0.05, 0.1) is 22.8 Å². The van der Waals surface area contributed by atoms with Gasteiger partial charge in [0.25, 0.3) is 5.56 Å². The van der Waals surface area contributed by atoms with Gasteiger partial charge in [-0.2, -0.15) is 5.10 Å². The molecule has 2 atom stereocenters. The molecule has 196 valence electrons. The van der Waals surface area contributed by atoms with Crippen molar-refractivity contribution in [1.82, 2.24) is 29.4 Å². The number of nitrogens with one attached hydrogen (secondary N) is 2. The van der Waals surface area contributed by atoms with Gasteiger partial charge in [-0.25, -0.2) is 18.1 Å². The van der Waals surface area contributed by atoms with Crippen molar-refractivity contribution in [3.05, 3.63) is 34.2 Å². The summed E-state index contributed by atoms with van der Waals surface area (Å²) in [5.41, 5.74) is 0.516. The lowest BCUT2D eigenvalue weighted by Gasteiger charge is -2.19. The van der Waals surface area contributed by atoms with Crippen LogP contribution in [0, 0.1) is 0 Å². The number of fused-ring (bicyclic) bond motifs is 1. The summed E-state index contributed by atoms with van der Waals surface area (Å²) >= 11 is 0. The fourth-order valence-electron chi connectivity index (χ4n) is 4.50. The van der Waals surface area contributed by atoms with E-state index in [-0.39, 0.29) is 39.8 Å². The minimum absolute atomic E-state index is 0.0567. The second-order valence-corrected chi connectivity index (χ2v) is 10.8. The van der Waals surface area contributed by atoms with E-state index in [1.165, 1.54) is 29.8 Å². The number of benzene rings is 1. The van der Waals surface area contributed by atoms with Crippen molar-refractivity contribution in [3.63, 3.8) is 0 Å². The molecule has 0 amide bonds. The fraction of sp³-hybridized carbons (Fsp3) is 0.560. The monoisotopic (exact) mass is 519 g/mol. The molecule has 0 spiro atoms. The summed E-state index contributed by atoms with van der Waals surface area (Å²) in [7, 11) is -0.499. The molecule has 2 N–H and O–H groups in total. The highest BCUT2D eigenvalue weighted by molar-refractivity contribution is 7.89. The third-order valence-corrected chi connectivity index (χ3v) is 7.74. The molecule has 36 heavy (non-hydrogen) atoms. The lowest BCUT2D eigenvalue weighted by molar-refractivity contribution is 0.297. The predicted octanol–water partition coefficient (Wildman–Crippen LogP) is 2.83. The van der Waals surface area contributed by atoms with E-state index in [0.29, 0.717) is 30.9 Å². The van der Waals surface area contributed by atoms with E-state index in [4.69, 9.17) is 8.85 Å². The number of ether oxygens (including phenoxy) is 1. The van der Waals surface area contributed by atoms with Gasteiger partial charge in [-0.05, 0) is 63.9 Å². The first-order valence-electron chi connectivity index (χ1n) is 13.7. The van der Waals surface area contributed by atoms with Crippen LogP contribution < -0.4 is 15.0 Å². The summed E-state index contributed by atoms with van der Waals surface area (Å²) in [6, 6.07) is 4.45. The van der Waals surface area contributed by atoms with Crippen molar-refractivity contribution in [1.29, 1.82) is 0 Å². The average molecular weight is 520 g/mol. The van der Waals surface area contributed by atoms with Gasteiger partial charge in [-0.15, -0.1) is 0 Å². The Kier molecular flexibility index (Phi) is 6.92. The van der Waals surface area contributed by atoms with Gasteiger partial charge < -0.3 is 14.6 Å². The molecule has 11 heteroatoms. The van der Waals surface area contributed by atoms with Gasteiger partial charge in [-0.3, -0.25) is 9.48 Å². The Morgan fingerprint density at radius 2 is 2.11 bits per heavy atom. The number of H-pyrrole nitrogens is 1. The minimum Gasteiger partial charge on any atom is -0.493 e. The van der Waals surface area contributed by atoms with E-state index in [1.54, 1.807) is 7.05 Å². The zero-order valence-electron chi connectivity index (χ0n) is 24.2. The lowest BCUT2D eigenvalue weighted by Crippen LogP contribution is -2.31. The summed E-state index contributed by atoms with van der Waals surface area (Å²) in [5, 5.41) is 4.31. The lowest BCUT2D eigenvalue weighted by atomic mass is 10.1. The highest BCUT2D eigenvalue weighted by Crippen LogP contribution is 2.31. The molecule has 2 aromatic heterocycles. The summed E-state index contributed by atoms with van der Waals surface area (Å²) in [6.07, 6.45) is 1.40. The predicted molar refractivity (Wildman–Crippen MR) is 140 cm³/mol. The number of sulfonamides is 1. The SMILES string of the molecule is [2H]C(CC1CCCN1C)NS(=O)(=O)c1ccc(OCCC)c(-c2nc3c(CC([2H])([2H])C)nn(C)c3c(=O)[nH]2)c1. The van der Waals surface area contributed by atoms with E-state index in [9.17, 15) is 13.2 Å². The molecule has 0 saturated carbocycles. The number of aromatic amines is 1. The largest absolute Gasteiger partial charge is 0.493 e. The number of hydrogen-bond acceptors (Lipinski definition) is 7. The van der Waals surface area contributed by atoms with Crippen LogP contribution in [0.3, 0.4) is 0 Å². The molecule has 2 unspecified atom stereocenters. The van der Waals surface area contributed by atoms with E-state index >= 15 is 0 Å². The van der Waals surface area contributed by atoms with Crippen LogP contribution in [-0.2, 0) is 23.5 Å². The summed E-state index contributed by atoms with van der Waals surface area (Å²) < 4.78 is 60.5. The highest BCUT2D eigenvalue weighted by atomic mass is 32.2. The van der Waals surface area contributed by atoms with Crippen molar-refractivity contribution in [3.8, 4) is 17.1 Å². The summed E-state index contributed by atoms with van der Waals surface area (Å²) in [5.74, 6) is 0.418. The number of likely N-dealkylation sites (tertiary alicyclic amines) is 1. The van der Waals surface area contributed by atoms with Crippen LogP contribution in [0.1, 0.15) is 55.7 Å². The average Bonchev–Trinajstić information content (AvgIpc) is 3.38. The smallest absolute Gasteiger partial charge is 0.277 e. The molecule has 1 aliphatic heterocycles. The van der Waals surface area contributed by atoms with Crippen molar-refractivity contribution in [2.24, 2.45) is 7.05 Å². The maximum atomic E-state index is 13.3. The van der Waals surface area contributed by atoms with E-state index in [0.717, 1.165) is 19.4 Å². The maximum absolute atomic E-state index is 13.3. The number of aryl methyl sites for hydroxylation is 2. The number of nitrogens with zero attached hydrogens (tertiary/aromatic N) is 4. The Balaban J connectivity index is 1.75. The summed E-state index contributed by atoms with van der Waals surface area (Å²) in [4.78, 5) is 22.4. The zero-order valence-corrected chi connectivity index (χ0v) is 22.0. The third-order valence-electron chi connectivity index (χ3n) is 6.38. The van der Waals surface area contributed by atoms with Crippen molar-refractivity contribution >= 4 is 21.1 Å². The van der Waals surface area contributed by atoms with Crippen LogP contribution in [0.5, 0.6) is 5.75 Å². The molecular formula is C25H36N6O4S.